The lowest BCUT2D eigenvalue weighted by Crippen LogP contribution is -2.50. The predicted molar refractivity (Wildman–Crippen MR) is 121 cm³/mol. The minimum Gasteiger partial charge on any atom is -0.466 e. The van der Waals surface area contributed by atoms with Crippen molar-refractivity contribution in [3.63, 3.8) is 0 Å². The maximum absolute atomic E-state index is 14.5. The SMILES string of the molecule is CCOC(=O)C(C)(C)[C@H](N)C(=O)OCCC(=O)OC[C@H]1O[C@@H](n2cnc3c(=O)[nH]c(N)nc32)C[C@@H]1F. The number of aromatic amines is 1. The number of nitrogens with one attached hydrogen (secondary N) is 1. The van der Waals surface area contributed by atoms with E-state index in [1.54, 1.807) is 6.92 Å². The van der Waals surface area contributed by atoms with E-state index >= 15 is 0 Å². The molecule has 15 heteroatoms. The average Bonchev–Trinajstić information content (AvgIpc) is 3.40. The highest BCUT2D eigenvalue weighted by molar-refractivity contribution is 5.87. The summed E-state index contributed by atoms with van der Waals surface area (Å²) in [7, 11) is 0. The van der Waals surface area contributed by atoms with Gasteiger partial charge in [-0.15, -0.1) is 0 Å². The minimum absolute atomic E-state index is 0.0259. The number of nitrogen functional groups attached to an aromatic ring is 1. The molecule has 3 heterocycles. The van der Waals surface area contributed by atoms with Gasteiger partial charge in [0.1, 0.15) is 37.8 Å². The lowest BCUT2D eigenvalue weighted by Gasteiger charge is -2.27. The number of hydrogen-bond acceptors (Lipinski definition) is 12. The normalized spacial score (nSPS) is 20.8. The number of carbonyl (C=O) groups is 3. The Morgan fingerprint density at radius 1 is 1.33 bits per heavy atom. The van der Waals surface area contributed by atoms with Crippen LogP contribution < -0.4 is 17.0 Å². The molecule has 1 aliphatic heterocycles. The van der Waals surface area contributed by atoms with Crippen molar-refractivity contribution in [3.8, 4) is 0 Å². The Morgan fingerprint density at radius 3 is 2.75 bits per heavy atom. The summed E-state index contributed by atoms with van der Waals surface area (Å²) in [6, 6.07) is -1.30. The zero-order valence-corrected chi connectivity index (χ0v) is 20.1. The monoisotopic (exact) mass is 512 g/mol. The summed E-state index contributed by atoms with van der Waals surface area (Å²) in [5, 5.41) is 0. The summed E-state index contributed by atoms with van der Waals surface area (Å²) in [4.78, 5) is 58.4. The molecule has 198 valence electrons. The van der Waals surface area contributed by atoms with Gasteiger partial charge in [0.25, 0.3) is 5.56 Å². The van der Waals surface area contributed by atoms with Crippen LogP contribution in [-0.4, -0.2) is 75.6 Å². The first-order chi connectivity index (χ1) is 16.9. The fraction of sp³-hybridized carbons (Fsp3) is 0.619. The first-order valence-electron chi connectivity index (χ1n) is 11.2. The molecule has 36 heavy (non-hydrogen) atoms. The number of imidazole rings is 1. The molecule has 4 atom stereocenters. The number of H-pyrrole nitrogens is 1. The second kappa shape index (κ2) is 11.0. The highest BCUT2D eigenvalue weighted by Gasteiger charge is 2.41. The van der Waals surface area contributed by atoms with Crippen molar-refractivity contribution >= 4 is 35.0 Å². The fourth-order valence-electron chi connectivity index (χ4n) is 3.47. The van der Waals surface area contributed by atoms with Crippen LogP contribution in [0.5, 0.6) is 0 Å². The number of esters is 3. The number of alkyl halides is 1. The predicted octanol–water partition coefficient (Wildman–Crippen LogP) is -0.279. The molecule has 0 bridgehead atoms. The molecule has 0 saturated carbocycles. The molecule has 0 aromatic carbocycles. The number of rotatable bonds is 10. The summed E-state index contributed by atoms with van der Waals surface area (Å²) in [6.07, 6.45) is -2.50. The zero-order valence-electron chi connectivity index (χ0n) is 20.1. The van der Waals surface area contributed by atoms with Gasteiger partial charge in [-0.3, -0.25) is 28.7 Å². The molecular weight excluding hydrogens is 483 g/mol. The molecule has 14 nitrogen and oxygen atoms in total. The van der Waals surface area contributed by atoms with Crippen LogP contribution in [0, 0.1) is 5.41 Å². The van der Waals surface area contributed by atoms with Crippen LogP contribution in [0.2, 0.25) is 0 Å². The number of hydrogen-bond donors (Lipinski definition) is 3. The lowest BCUT2D eigenvalue weighted by atomic mass is 9.85. The van der Waals surface area contributed by atoms with Gasteiger partial charge >= 0.3 is 17.9 Å². The number of ether oxygens (including phenoxy) is 4. The van der Waals surface area contributed by atoms with E-state index in [0.29, 0.717) is 0 Å². The molecule has 0 amide bonds. The molecule has 5 N–H and O–H groups in total. The number of nitrogens with zero attached hydrogens (tertiary/aromatic N) is 3. The Morgan fingerprint density at radius 2 is 2.06 bits per heavy atom. The van der Waals surface area contributed by atoms with Gasteiger partial charge in [-0.1, -0.05) is 0 Å². The summed E-state index contributed by atoms with van der Waals surface area (Å²) in [5.41, 5.74) is 9.69. The molecule has 0 spiro atoms. The third kappa shape index (κ3) is 5.79. The molecule has 1 aliphatic rings. The minimum atomic E-state index is -1.47. The van der Waals surface area contributed by atoms with Gasteiger partial charge in [0.15, 0.2) is 11.2 Å². The number of halogens is 1. The third-order valence-electron chi connectivity index (χ3n) is 5.72. The zero-order chi connectivity index (χ0) is 26.6. The van der Waals surface area contributed by atoms with E-state index in [-0.39, 0.29) is 49.8 Å². The van der Waals surface area contributed by atoms with Crippen LogP contribution in [0.1, 0.15) is 39.8 Å². The highest BCUT2D eigenvalue weighted by Crippen LogP contribution is 2.32. The Kier molecular flexibility index (Phi) is 8.24. The quantitative estimate of drug-likeness (QED) is 0.278. The van der Waals surface area contributed by atoms with Crippen molar-refractivity contribution in [3.05, 3.63) is 16.7 Å². The van der Waals surface area contributed by atoms with Gasteiger partial charge in [0.2, 0.25) is 5.95 Å². The maximum atomic E-state index is 14.5. The first kappa shape index (κ1) is 27.0. The Hall–Kier alpha value is -3.59. The molecule has 2 aromatic rings. The topological polar surface area (TPSA) is 204 Å². The molecule has 0 aliphatic carbocycles. The summed E-state index contributed by atoms with van der Waals surface area (Å²) in [6.45, 7) is 3.92. The first-order valence-corrected chi connectivity index (χ1v) is 11.2. The molecule has 3 rings (SSSR count). The van der Waals surface area contributed by atoms with Crippen molar-refractivity contribution in [2.45, 2.75) is 58.2 Å². The number of fused-ring (bicyclic) bond motifs is 1. The van der Waals surface area contributed by atoms with E-state index in [4.69, 9.17) is 30.4 Å². The van der Waals surface area contributed by atoms with Crippen molar-refractivity contribution in [1.29, 1.82) is 0 Å². The smallest absolute Gasteiger partial charge is 0.324 e. The van der Waals surface area contributed by atoms with Gasteiger partial charge < -0.3 is 30.4 Å². The van der Waals surface area contributed by atoms with Crippen LogP contribution in [0.3, 0.4) is 0 Å². The van der Waals surface area contributed by atoms with E-state index in [2.05, 4.69) is 15.0 Å². The second-order valence-corrected chi connectivity index (χ2v) is 8.68. The Balaban J connectivity index is 1.46. The molecule has 0 unspecified atom stereocenters. The molecule has 2 aromatic heterocycles. The number of anilines is 1. The average molecular weight is 512 g/mol. The van der Waals surface area contributed by atoms with Crippen molar-refractivity contribution < 1.29 is 37.7 Å². The van der Waals surface area contributed by atoms with Crippen molar-refractivity contribution in [2.75, 3.05) is 25.6 Å². The van der Waals surface area contributed by atoms with Crippen LogP contribution in [0.25, 0.3) is 11.2 Å². The molecule has 1 fully saturated rings. The van der Waals surface area contributed by atoms with Gasteiger partial charge in [-0.25, -0.2) is 9.37 Å². The molecule has 0 radical (unpaired) electrons. The van der Waals surface area contributed by atoms with Gasteiger partial charge in [-0.2, -0.15) is 4.98 Å². The Bertz CT molecular complexity index is 1180. The third-order valence-corrected chi connectivity index (χ3v) is 5.72. The van der Waals surface area contributed by atoms with E-state index in [0.717, 1.165) is 0 Å². The van der Waals surface area contributed by atoms with E-state index < -0.39 is 53.4 Å². The standard InChI is InChI=1S/C21H29FN6O8/c1-4-33-19(32)21(2,3)15(23)18(31)34-6-5-13(29)35-8-11-10(22)7-12(36-11)28-9-25-14-16(28)26-20(24)27-17(14)30/h9-12,15H,4-8,23H2,1-3H3,(H3,24,26,27,30)/t10-,11+,12+,15+/m0/s1. The summed E-state index contributed by atoms with van der Waals surface area (Å²) in [5.74, 6) is -2.42. The number of carbonyl (C=O) groups excluding carboxylic acids is 3. The van der Waals surface area contributed by atoms with E-state index in [1.165, 1.54) is 24.7 Å². The van der Waals surface area contributed by atoms with Gasteiger partial charge in [0, 0.05) is 6.42 Å². The highest BCUT2D eigenvalue weighted by atomic mass is 19.1. The van der Waals surface area contributed by atoms with Crippen LogP contribution in [-0.2, 0) is 33.3 Å². The van der Waals surface area contributed by atoms with Crippen LogP contribution >= 0.6 is 0 Å². The number of nitrogens with two attached hydrogens (primary N) is 2. The van der Waals surface area contributed by atoms with Gasteiger partial charge in [0.05, 0.1) is 24.8 Å². The summed E-state index contributed by atoms with van der Waals surface area (Å²) >= 11 is 0. The van der Waals surface area contributed by atoms with E-state index in [1.807, 2.05) is 0 Å². The largest absolute Gasteiger partial charge is 0.466 e. The maximum Gasteiger partial charge on any atom is 0.324 e. The summed E-state index contributed by atoms with van der Waals surface area (Å²) < 4.78 is 36.5. The van der Waals surface area contributed by atoms with Crippen LogP contribution in [0.15, 0.2) is 11.1 Å². The van der Waals surface area contributed by atoms with Gasteiger partial charge in [-0.05, 0) is 20.8 Å². The Labute approximate surface area is 204 Å². The van der Waals surface area contributed by atoms with Crippen molar-refractivity contribution in [2.24, 2.45) is 11.1 Å². The fourth-order valence-corrected chi connectivity index (χ4v) is 3.47. The van der Waals surface area contributed by atoms with Crippen molar-refractivity contribution in [1.82, 2.24) is 19.5 Å². The lowest BCUT2D eigenvalue weighted by molar-refractivity contribution is -0.163. The molecule has 1 saturated heterocycles. The second-order valence-electron chi connectivity index (χ2n) is 8.68. The van der Waals surface area contributed by atoms with E-state index in [9.17, 15) is 23.6 Å². The van der Waals surface area contributed by atoms with Crippen LogP contribution in [0.4, 0.5) is 10.3 Å². The number of aromatic nitrogens is 4. The molecular formula is C21H29FN6O8.